The van der Waals surface area contributed by atoms with Gasteiger partial charge < -0.3 is 14.7 Å². The molecule has 1 aliphatic carbocycles. The minimum atomic E-state index is -1.04. The summed E-state index contributed by atoms with van der Waals surface area (Å²) in [5.74, 6) is -0.329. The van der Waals surface area contributed by atoms with E-state index in [2.05, 4.69) is 9.88 Å². The number of halogens is 1. The largest absolute Gasteiger partial charge is 0.493 e. The number of likely N-dealkylation sites (tertiary alicyclic amines) is 1. The predicted molar refractivity (Wildman–Crippen MR) is 138 cm³/mol. The number of aromatic carboxylic acids is 1. The number of piperidine rings is 1. The number of ether oxygens (including phenoxy) is 1. The van der Waals surface area contributed by atoms with Gasteiger partial charge in [-0.25, -0.2) is 9.18 Å². The van der Waals surface area contributed by atoms with Crippen LogP contribution in [0.1, 0.15) is 95.1 Å². The number of pyridine rings is 1. The minimum absolute atomic E-state index is 0.0782. The van der Waals surface area contributed by atoms with Crippen LogP contribution in [0.15, 0.2) is 18.2 Å². The third kappa shape index (κ3) is 5.21. The number of amides is 1. The Labute approximate surface area is 217 Å². The van der Waals surface area contributed by atoms with Crippen LogP contribution >= 0.6 is 0 Å². The van der Waals surface area contributed by atoms with E-state index < -0.39 is 5.97 Å². The number of nitrogens with zero attached hydrogens (tertiary/aromatic N) is 3. The lowest BCUT2D eigenvalue weighted by atomic mass is 9.95. The molecule has 3 heterocycles. The second-order valence-corrected chi connectivity index (χ2v) is 10.4. The lowest BCUT2D eigenvalue weighted by molar-refractivity contribution is 0.0542. The number of carbonyl (C=O) groups excluding carboxylic acids is 1. The lowest BCUT2D eigenvalue weighted by Crippen LogP contribution is -2.50. The van der Waals surface area contributed by atoms with Crippen LogP contribution in [0.3, 0.4) is 0 Å². The van der Waals surface area contributed by atoms with Crippen LogP contribution in [0.2, 0.25) is 0 Å². The van der Waals surface area contributed by atoms with Crippen molar-refractivity contribution < 1.29 is 23.8 Å². The summed E-state index contributed by atoms with van der Waals surface area (Å²) >= 11 is 0. The first kappa shape index (κ1) is 25.6. The van der Waals surface area contributed by atoms with Crippen molar-refractivity contribution in [3.63, 3.8) is 0 Å². The zero-order valence-electron chi connectivity index (χ0n) is 21.8. The summed E-state index contributed by atoms with van der Waals surface area (Å²) in [5, 5.41) is 9.66. The van der Waals surface area contributed by atoms with E-state index in [-0.39, 0.29) is 23.3 Å². The molecule has 1 N–H and O–H groups in total. The van der Waals surface area contributed by atoms with Gasteiger partial charge >= 0.3 is 5.97 Å². The van der Waals surface area contributed by atoms with Gasteiger partial charge in [-0.3, -0.25) is 14.7 Å². The Balaban J connectivity index is 1.27. The Kier molecular flexibility index (Phi) is 7.47. The highest BCUT2D eigenvalue weighted by atomic mass is 19.1. The quantitative estimate of drug-likeness (QED) is 0.522. The van der Waals surface area contributed by atoms with Gasteiger partial charge in [0.15, 0.2) is 0 Å². The first-order valence-corrected chi connectivity index (χ1v) is 13.6. The molecule has 0 bridgehead atoms. The van der Waals surface area contributed by atoms with Crippen molar-refractivity contribution in [2.45, 2.75) is 77.3 Å². The standard InChI is InChI=1S/C29H36FN3O4/c1-3-5-24-22(29(35)36)16-21-25(31-24)12-15-33(28(21)34)19-10-13-32(14-11-19)17-23-26(37-4-2)9-8-20(27(23)30)18-6-7-18/h8-9,16,18-19H,3-7,10-15,17H2,1-2H3,(H,35,36). The summed E-state index contributed by atoms with van der Waals surface area (Å²) in [6.45, 7) is 7.00. The average Bonchev–Trinajstić information content (AvgIpc) is 3.72. The van der Waals surface area contributed by atoms with Gasteiger partial charge in [0.1, 0.15) is 11.6 Å². The van der Waals surface area contributed by atoms with Crippen LogP contribution in [-0.2, 0) is 19.4 Å². The number of carboxylic acids is 1. The van der Waals surface area contributed by atoms with Crippen LogP contribution in [0.5, 0.6) is 5.75 Å². The molecular formula is C29H36FN3O4. The SMILES string of the molecule is CCCc1nc2c(cc1C(=O)O)C(=O)N(C1CCN(Cc3c(OCC)ccc(C4CC4)c3F)CC1)CC2. The second kappa shape index (κ2) is 10.8. The molecule has 1 saturated heterocycles. The molecule has 1 amide bonds. The van der Waals surface area contributed by atoms with Gasteiger partial charge in [-0.15, -0.1) is 0 Å². The third-order valence-electron chi connectivity index (χ3n) is 7.91. The molecule has 198 valence electrons. The molecule has 1 aromatic carbocycles. The van der Waals surface area contributed by atoms with Crippen molar-refractivity contribution in [1.29, 1.82) is 0 Å². The van der Waals surface area contributed by atoms with E-state index >= 15 is 4.39 Å². The molecule has 7 nitrogen and oxygen atoms in total. The number of hydrogen-bond donors (Lipinski definition) is 1. The molecule has 37 heavy (non-hydrogen) atoms. The number of fused-ring (bicyclic) bond motifs is 1. The van der Waals surface area contributed by atoms with Gasteiger partial charge in [0.2, 0.25) is 0 Å². The van der Waals surface area contributed by atoms with Crippen LogP contribution in [0.25, 0.3) is 0 Å². The van der Waals surface area contributed by atoms with Crippen LogP contribution in [0, 0.1) is 5.82 Å². The molecule has 0 unspecified atom stereocenters. The van der Waals surface area contributed by atoms with Crippen LogP contribution < -0.4 is 4.74 Å². The molecule has 1 aromatic heterocycles. The smallest absolute Gasteiger partial charge is 0.337 e. The van der Waals surface area contributed by atoms with E-state index in [1.165, 1.54) is 6.07 Å². The summed E-state index contributed by atoms with van der Waals surface area (Å²) < 4.78 is 21.2. The molecule has 2 fully saturated rings. The highest BCUT2D eigenvalue weighted by Gasteiger charge is 2.35. The lowest BCUT2D eigenvalue weighted by Gasteiger charge is -2.40. The van der Waals surface area contributed by atoms with Gasteiger partial charge in [0.05, 0.1) is 29.1 Å². The normalized spacial score (nSPS) is 18.7. The third-order valence-corrected chi connectivity index (χ3v) is 7.91. The molecule has 1 saturated carbocycles. The fraction of sp³-hybridized carbons (Fsp3) is 0.552. The zero-order chi connectivity index (χ0) is 26.1. The topological polar surface area (TPSA) is 83.0 Å². The average molecular weight is 510 g/mol. The summed E-state index contributed by atoms with van der Waals surface area (Å²) in [7, 11) is 0. The molecular weight excluding hydrogens is 473 g/mol. The number of hydrogen-bond acceptors (Lipinski definition) is 5. The van der Waals surface area contributed by atoms with Crippen molar-refractivity contribution in [2.24, 2.45) is 0 Å². The van der Waals surface area contributed by atoms with Crippen molar-refractivity contribution in [1.82, 2.24) is 14.8 Å². The molecule has 0 radical (unpaired) electrons. The van der Waals surface area contributed by atoms with E-state index in [4.69, 9.17) is 4.74 Å². The maximum Gasteiger partial charge on any atom is 0.337 e. The molecule has 2 aromatic rings. The molecule has 8 heteroatoms. The van der Waals surface area contributed by atoms with Crippen molar-refractivity contribution in [3.05, 3.63) is 57.7 Å². The summed E-state index contributed by atoms with van der Waals surface area (Å²) in [6, 6.07) is 5.40. The molecule has 0 atom stereocenters. The number of carboxylic acid groups (broad SMARTS) is 1. The van der Waals surface area contributed by atoms with E-state index in [0.29, 0.717) is 66.7 Å². The maximum absolute atomic E-state index is 15.4. The van der Waals surface area contributed by atoms with E-state index in [0.717, 1.165) is 50.8 Å². The van der Waals surface area contributed by atoms with E-state index in [9.17, 15) is 14.7 Å². The number of carbonyl (C=O) groups is 2. The highest BCUT2D eigenvalue weighted by Crippen LogP contribution is 2.43. The first-order chi connectivity index (χ1) is 17.9. The monoisotopic (exact) mass is 509 g/mol. The Morgan fingerprint density at radius 1 is 1.16 bits per heavy atom. The summed E-state index contributed by atoms with van der Waals surface area (Å²) in [5.41, 5.74) is 3.27. The van der Waals surface area contributed by atoms with Gasteiger partial charge in [0, 0.05) is 44.2 Å². The molecule has 2 aliphatic heterocycles. The minimum Gasteiger partial charge on any atom is -0.493 e. The fourth-order valence-corrected chi connectivity index (χ4v) is 5.80. The van der Waals surface area contributed by atoms with Gasteiger partial charge in [-0.1, -0.05) is 19.4 Å². The first-order valence-electron chi connectivity index (χ1n) is 13.6. The predicted octanol–water partition coefficient (Wildman–Crippen LogP) is 4.81. The Morgan fingerprint density at radius 2 is 1.92 bits per heavy atom. The number of rotatable bonds is 9. The fourth-order valence-electron chi connectivity index (χ4n) is 5.80. The number of benzene rings is 1. The van der Waals surface area contributed by atoms with Crippen LogP contribution in [0.4, 0.5) is 4.39 Å². The van der Waals surface area contributed by atoms with Gasteiger partial charge in [0.25, 0.3) is 5.91 Å². The van der Waals surface area contributed by atoms with Gasteiger partial charge in [-0.05, 0) is 62.6 Å². The van der Waals surface area contributed by atoms with Crippen molar-refractivity contribution in [2.75, 3.05) is 26.2 Å². The Bertz CT molecular complexity index is 1190. The molecule has 3 aliphatic rings. The Hall–Kier alpha value is -3.00. The van der Waals surface area contributed by atoms with Gasteiger partial charge in [-0.2, -0.15) is 0 Å². The summed E-state index contributed by atoms with van der Waals surface area (Å²) in [4.78, 5) is 33.9. The van der Waals surface area contributed by atoms with Crippen LogP contribution in [-0.4, -0.2) is 64.0 Å². The van der Waals surface area contributed by atoms with E-state index in [1.807, 2.05) is 30.9 Å². The van der Waals surface area contributed by atoms with Crippen molar-refractivity contribution in [3.8, 4) is 5.75 Å². The number of aromatic nitrogens is 1. The highest BCUT2D eigenvalue weighted by molar-refractivity contribution is 5.99. The maximum atomic E-state index is 15.4. The number of aryl methyl sites for hydroxylation is 1. The molecule has 0 spiro atoms. The van der Waals surface area contributed by atoms with E-state index in [1.54, 1.807) is 0 Å². The second-order valence-electron chi connectivity index (χ2n) is 10.4. The zero-order valence-corrected chi connectivity index (χ0v) is 21.8. The molecule has 5 rings (SSSR count). The van der Waals surface area contributed by atoms with Crippen molar-refractivity contribution >= 4 is 11.9 Å². The summed E-state index contributed by atoms with van der Waals surface area (Å²) in [6.07, 6.45) is 5.70. The Morgan fingerprint density at radius 3 is 2.57 bits per heavy atom.